The van der Waals surface area contributed by atoms with E-state index >= 15 is 0 Å². The zero-order valence-corrected chi connectivity index (χ0v) is 17.1. The topological polar surface area (TPSA) is 38.7 Å². The van der Waals surface area contributed by atoms with Crippen LogP contribution >= 0.6 is 15.9 Å². The van der Waals surface area contributed by atoms with Crippen LogP contribution in [0.1, 0.15) is 56.7 Å². The Morgan fingerprint density at radius 1 is 1.38 bits per heavy atom. The maximum Gasteiger partial charge on any atom is 0.149 e. The molecule has 1 spiro atoms. The smallest absolute Gasteiger partial charge is 0.149 e. The van der Waals surface area contributed by atoms with Crippen molar-refractivity contribution < 1.29 is 8.95 Å². The molecule has 1 aromatic rings. The highest BCUT2D eigenvalue weighted by Crippen LogP contribution is 2.55. The van der Waals surface area contributed by atoms with Gasteiger partial charge in [-0.2, -0.15) is 4.40 Å². The molecule has 5 heteroatoms. The normalized spacial score (nSPS) is 36.5. The number of hydrogen-bond donors (Lipinski definition) is 0. The van der Waals surface area contributed by atoms with E-state index in [1.807, 2.05) is 21.0 Å². The fourth-order valence-electron chi connectivity index (χ4n) is 5.05. The van der Waals surface area contributed by atoms with Crippen LogP contribution in [-0.2, 0) is 26.9 Å². The Labute approximate surface area is 155 Å². The summed E-state index contributed by atoms with van der Waals surface area (Å²) in [6.07, 6.45) is 4.54. The quantitative estimate of drug-likeness (QED) is 0.683. The molecular weight excluding hydrogens is 386 g/mol. The third-order valence-corrected chi connectivity index (χ3v) is 8.37. The van der Waals surface area contributed by atoms with Crippen molar-refractivity contribution in [1.29, 1.82) is 0 Å². The minimum atomic E-state index is -1.24. The molecule has 2 aliphatic carbocycles. The lowest BCUT2D eigenvalue weighted by atomic mass is 9.66. The molecule has 4 rings (SSSR count). The second-order valence-electron chi connectivity index (χ2n) is 8.11. The predicted octanol–water partition coefficient (Wildman–Crippen LogP) is 4.53. The Kier molecular flexibility index (Phi) is 3.87. The molecule has 0 radical (unpaired) electrons. The van der Waals surface area contributed by atoms with E-state index < -0.39 is 15.7 Å². The van der Waals surface area contributed by atoms with Crippen LogP contribution in [0, 0.1) is 11.3 Å². The number of halogens is 1. The van der Waals surface area contributed by atoms with Gasteiger partial charge in [0.15, 0.2) is 0 Å². The Bertz CT molecular complexity index is 773. The van der Waals surface area contributed by atoms with Crippen molar-refractivity contribution in [1.82, 2.24) is 0 Å². The molecule has 0 aromatic heterocycles. The average Bonchev–Trinajstić information content (AvgIpc) is 2.80. The number of methoxy groups -OCH3 is 1. The van der Waals surface area contributed by atoms with Crippen LogP contribution in [-0.4, -0.2) is 23.1 Å². The van der Waals surface area contributed by atoms with Gasteiger partial charge in [-0.25, -0.2) is 4.21 Å². The highest BCUT2D eigenvalue weighted by atomic mass is 79.9. The lowest BCUT2D eigenvalue weighted by Crippen LogP contribution is -2.42. The van der Waals surface area contributed by atoms with Gasteiger partial charge in [0, 0.05) is 22.6 Å². The van der Waals surface area contributed by atoms with Crippen molar-refractivity contribution in [3.63, 3.8) is 0 Å². The third-order valence-electron chi connectivity index (χ3n) is 6.28. The maximum atomic E-state index is 12.9. The number of hydrogen-bond acceptors (Lipinski definition) is 2. The van der Waals surface area contributed by atoms with Crippen LogP contribution in [0.5, 0.6) is 0 Å². The summed E-state index contributed by atoms with van der Waals surface area (Å²) in [5, 5.41) is 0. The van der Waals surface area contributed by atoms with Crippen molar-refractivity contribution >= 4 is 32.6 Å². The number of fused-ring (bicyclic) bond motifs is 1. The summed E-state index contributed by atoms with van der Waals surface area (Å²) in [6, 6.07) is 4.35. The van der Waals surface area contributed by atoms with Gasteiger partial charge in [0.05, 0.1) is 16.6 Å². The molecule has 0 N–H and O–H groups in total. The maximum absolute atomic E-state index is 12.9. The fraction of sp³-hybridized carbons (Fsp3) is 0.632. The molecule has 1 unspecified atom stereocenters. The van der Waals surface area contributed by atoms with E-state index in [0.29, 0.717) is 12.0 Å². The molecule has 3 aliphatic rings. The van der Waals surface area contributed by atoms with Crippen molar-refractivity contribution in [3.05, 3.63) is 33.3 Å². The highest BCUT2D eigenvalue weighted by molar-refractivity contribution is 9.10. The minimum absolute atomic E-state index is 0.0402. The fourth-order valence-corrected chi connectivity index (χ4v) is 7.07. The van der Waals surface area contributed by atoms with Crippen molar-refractivity contribution in [2.75, 3.05) is 7.11 Å². The highest BCUT2D eigenvalue weighted by Gasteiger charge is 2.53. The van der Waals surface area contributed by atoms with E-state index in [1.165, 1.54) is 16.7 Å². The first-order valence-corrected chi connectivity index (χ1v) is 10.6. The van der Waals surface area contributed by atoms with Crippen molar-refractivity contribution in [2.24, 2.45) is 15.7 Å². The number of nitrogens with zero attached hydrogens (tertiary/aromatic N) is 1. The zero-order valence-electron chi connectivity index (χ0n) is 14.7. The second-order valence-corrected chi connectivity index (χ2v) is 10.7. The molecule has 0 amide bonds. The Hall–Kier alpha value is -0.520. The van der Waals surface area contributed by atoms with E-state index in [0.717, 1.165) is 35.9 Å². The van der Waals surface area contributed by atoms with E-state index in [1.54, 1.807) is 0 Å². The summed E-state index contributed by atoms with van der Waals surface area (Å²) in [7, 11) is 0.571. The average molecular weight is 410 g/mol. The van der Waals surface area contributed by atoms with E-state index in [2.05, 4.69) is 35.0 Å². The molecule has 1 saturated carbocycles. The van der Waals surface area contributed by atoms with Gasteiger partial charge in [-0.15, -0.1) is 0 Å². The monoisotopic (exact) mass is 409 g/mol. The van der Waals surface area contributed by atoms with Gasteiger partial charge in [0.25, 0.3) is 0 Å². The summed E-state index contributed by atoms with van der Waals surface area (Å²) in [4.78, 5) is 0. The lowest BCUT2D eigenvalue weighted by Gasteiger charge is -2.42. The number of benzene rings is 1. The molecular formula is C19H24BrNO2S. The summed E-state index contributed by atoms with van der Waals surface area (Å²) < 4.78 is 24.0. The molecule has 0 bridgehead atoms. The van der Waals surface area contributed by atoms with Crippen LogP contribution in [0.15, 0.2) is 21.0 Å². The van der Waals surface area contributed by atoms with Gasteiger partial charge < -0.3 is 4.74 Å². The number of rotatable bonds is 1. The van der Waals surface area contributed by atoms with E-state index in [4.69, 9.17) is 9.13 Å². The second kappa shape index (κ2) is 5.49. The van der Waals surface area contributed by atoms with Gasteiger partial charge in [-0.1, -0.05) is 28.9 Å². The minimum Gasteiger partial charge on any atom is -0.381 e. The summed E-state index contributed by atoms with van der Waals surface area (Å²) >= 11 is 3.71. The molecule has 4 atom stereocenters. The largest absolute Gasteiger partial charge is 0.381 e. The molecule has 130 valence electrons. The zero-order chi connectivity index (χ0) is 17.3. The van der Waals surface area contributed by atoms with Crippen molar-refractivity contribution in [3.8, 4) is 0 Å². The summed E-state index contributed by atoms with van der Waals surface area (Å²) in [5.41, 5.74) is 4.98. The van der Waals surface area contributed by atoms with Gasteiger partial charge in [0.2, 0.25) is 0 Å². The van der Waals surface area contributed by atoms with Gasteiger partial charge in [-0.3, -0.25) is 0 Å². The Balaban J connectivity index is 1.87. The first-order chi connectivity index (χ1) is 11.3. The van der Waals surface area contributed by atoms with Crippen LogP contribution in [0.2, 0.25) is 0 Å². The number of ether oxygens (including phenoxy) is 1. The van der Waals surface area contributed by atoms with Crippen molar-refractivity contribution in [2.45, 2.75) is 57.3 Å². The standard InChI is InChI=1S/C19H24BrNO2S/c1-11-9-19(8-7-14(11)23-4)10-12-5-6-13(20)16-15(12)17(19)21-24(22)18(16,2)3/h5-6,11,14H,7-10H2,1-4H3/t11-,14-,19-,24?/m1/s1. The van der Waals surface area contributed by atoms with Crippen LogP contribution < -0.4 is 0 Å². The first-order valence-electron chi connectivity index (χ1n) is 8.66. The van der Waals surface area contributed by atoms with E-state index in [-0.39, 0.29) is 5.41 Å². The molecule has 1 fully saturated rings. The lowest BCUT2D eigenvalue weighted by molar-refractivity contribution is 0.00485. The Morgan fingerprint density at radius 2 is 2.12 bits per heavy atom. The van der Waals surface area contributed by atoms with E-state index in [9.17, 15) is 4.21 Å². The molecule has 1 aliphatic heterocycles. The molecule has 1 aromatic carbocycles. The molecule has 0 saturated heterocycles. The Morgan fingerprint density at radius 3 is 2.79 bits per heavy atom. The SMILES string of the molecule is CO[C@@H]1CC[C@]2(Cc3ccc(Br)c4c3C2=NS(=O)C4(C)C)C[C@H]1C. The van der Waals surface area contributed by atoms with Crippen LogP contribution in [0.25, 0.3) is 0 Å². The third kappa shape index (κ3) is 2.17. The van der Waals surface area contributed by atoms with Crippen LogP contribution in [0.3, 0.4) is 0 Å². The summed E-state index contributed by atoms with van der Waals surface area (Å²) in [5.74, 6) is 0.496. The first kappa shape index (κ1) is 16.9. The molecule has 3 nitrogen and oxygen atoms in total. The van der Waals surface area contributed by atoms with Crippen LogP contribution in [0.4, 0.5) is 0 Å². The predicted molar refractivity (Wildman–Crippen MR) is 102 cm³/mol. The van der Waals surface area contributed by atoms with Gasteiger partial charge in [-0.05, 0) is 62.6 Å². The van der Waals surface area contributed by atoms with Gasteiger partial charge in [0.1, 0.15) is 11.0 Å². The molecule has 1 heterocycles. The van der Waals surface area contributed by atoms with Gasteiger partial charge >= 0.3 is 0 Å². The summed E-state index contributed by atoms with van der Waals surface area (Å²) in [6.45, 7) is 6.36. The molecule has 24 heavy (non-hydrogen) atoms.